The average molecular weight is 338 g/mol. The molecule has 0 aliphatic carbocycles. The van der Waals surface area contributed by atoms with E-state index in [0.717, 1.165) is 17.5 Å². The Morgan fingerprint density at radius 2 is 2.22 bits per heavy atom. The van der Waals surface area contributed by atoms with Crippen LogP contribution in [-0.2, 0) is 11.2 Å². The zero-order chi connectivity index (χ0) is 15.6. The normalized spacial score (nSPS) is 20.0. The van der Waals surface area contributed by atoms with E-state index in [2.05, 4.69) is 29.6 Å². The molecule has 23 heavy (non-hydrogen) atoms. The SMILES string of the molecule is CC1(C)CCCNC1CNC(=O)Cc1noc2ccccc12.Cl. The maximum Gasteiger partial charge on any atom is 0.226 e. The van der Waals surface area contributed by atoms with E-state index in [9.17, 15) is 4.79 Å². The van der Waals surface area contributed by atoms with Crippen LogP contribution in [0.25, 0.3) is 11.0 Å². The van der Waals surface area contributed by atoms with Gasteiger partial charge in [0.1, 0.15) is 5.69 Å². The van der Waals surface area contributed by atoms with Gasteiger partial charge in [0.2, 0.25) is 5.91 Å². The van der Waals surface area contributed by atoms with Crippen LogP contribution in [0.1, 0.15) is 32.4 Å². The van der Waals surface area contributed by atoms with Crippen molar-refractivity contribution in [3.8, 4) is 0 Å². The Hall–Kier alpha value is -1.59. The van der Waals surface area contributed by atoms with Crippen molar-refractivity contribution in [3.05, 3.63) is 30.0 Å². The number of amides is 1. The number of nitrogens with zero attached hydrogens (tertiary/aromatic N) is 1. The highest BCUT2D eigenvalue weighted by Crippen LogP contribution is 2.29. The van der Waals surface area contributed by atoms with E-state index in [1.165, 1.54) is 12.8 Å². The van der Waals surface area contributed by atoms with Crippen LogP contribution < -0.4 is 10.6 Å². The Morgan fingerprint density at radius 1 is 1.43 bits per heavy atom. The lowest BCUT2D eigenvalue weighted by Gasteiger charge is -2.39. The Morgan fingerprint density at radius 3 is 3.00 bits per heavy atom. The average Bonchev–Trinajstić information content (AvgIpc) is 2.89. The molecular weight excluding hydrogens is 314 g/mol. The number of rotatable bonds is 4. The van der Waals surface area contributed by atoms with Gasteiger partial charge in [0.05, 0.1) is 6.42 Å². The highest BCUT2D eigenvalue weighted by atomic mass is 35.5. The maximum atomic E-state index is 12.2. The molecule has 1 fully saturated rings. The summed E-state index contributed by atoms with van der Waals surface area (Å²) in [5.74, 6) is -0.0118. The predicted octanol–water partition coefficient (Wildman–Crippen LogP) is 2.69. The summed E-state index contributed by atoms with van der Waals surface area (Å²) in [5, 5.41) is 11.5. The van der Waals surface area contributed by atoms with Crippen LogP contribution in [0.15, 0.2) is 28.8 Å². The predicted molar refractivity (Wildman–Crippen MR) is 92.8 cm³/mol. The lowest BCUT2D eigenvalue weighted by atomic mass is 9.77. The molecule has 1 saturated heterocycles. The second kappa shape index (κ2) is 7.32. The van der Waals surface area contributed by atoms with Gasteiger partial charge in [-0.25, -0.2) is 0 Å². The molecule has 0 bridgehead atoms. The third kappa shape index (κ3) is 4.03. The van der Waals surface area contributed by atoms with Gasteiger partial charge in [-0.1, -0.05) is 31.1 Å². The second-order valence-electron chi connectivity index (χ2n) is 6.71. The van der Waals surface area contributed by atoms with Gasteiger partial charge in [-0.3, -0.25) is 4.79 Å². The summed E-state index contributed by atoms with van der Waals surface area (Å²) in [7, 11) is 0. The first-order valence-corrected chi connectivity index (χ1v) is 7.90. The summed E-state index contributed by atoms with van der Waals surface area (Å²) in [5.41, 5.74) is 1.64. The third-order valence-electron chi connectivity index (χ3n) is 4.62. The van der Waals surface area contributed by atoms with E-state index in [1.807, 2.05) is 24.3 Å². The fraction of sp³-hybridized carbons (Fsp3) is 0.529. The minimum atomic E-state index is -0.0118. The number of piperidine rings is 1. The van der Waals surface area contributed by atoms with Gasteiger partial charge in [0.25, 0.3) is 0 Å². The number of aromatic nitrogens is 1. The van der Waals surface area contributed by atoms with Crippen molar-refractivity contribution >= 4 is 29.3 Å². The summed E-state index contributed by atoms with van der Waals surface area (Å²) in [6.07, 6.45) is 2.64. The van der Waals surface area contributed by atoms with E-state index in [-0.39, 0.29) is 30.2 Å². The number of hydrogen-bond acceptors (Lipinski definition) is 4. The number of fused-ring (bicyclic) bond motifs is 1. The maximum absolute atomic E-state index is 12.2. The largest absolute Gasteiger partial charge is 0.356 e. The first-order valence-electron chi connectivity index (χ1n) is 7.90. The molecule has 0 saturated carbocycles. The summed E-state index contributed by atoms with van der Waals surface area (Å²) in [4.78, 5) is 12.2. The third-order valence-corrected chi connectivity index (χ3v) is 4.62. The van der Waals surface area contributed by atoms with Crippen molar-refractivity contribution in [1.82, 2.24) is 15.8 Å². The van der Waals surface area contributed by atoms with Gasteiger partial charge in [0.15, 0.2) is 5.58 Å². The minimum absolute atomic E-state index is 0. The molecule has 0 spiro atoms. The standard InChI is InChI=1S/C17H23N3O2.ClH/c1-17(2)8-5-9-18-15(17)11-19-16(21)10-13-12-6-3-4-7-14(12)22-20-13;/h3-4,6-7,15,18H,5,8-11H2,1-2H3,(H,19,21);1H. The van der Waals surface area contributed by atoms with Crippen molar-refractivity contribution in [2.45, 2.75) is 39.2 Å². The number of hydrogen-bond donors (Lipinski definition) is 2. The summed E-state index contributed by atoms with van der Waals surface area (Å²) >= 11 is 0. The molecule has 126 valence electrons. The molecule has 3 rings (SSSR count). The molecule has 1 amide bonds. The van der Waals surface area contributed by atoms with E-state index >= 15 is 0 Å². The van der Waals surface area contributed by atoms with Crippen LogP contribution >= 0.6 is 12.4 Å². The molecule has 1 aromatic carbocycles. The Bertz CT molecular complexity index is 669. The van der Waals surface area contributed by atoms with E-state index in [1.54, 1.807) is 0 Å². The molecule has 6 heteroatoms. The Kier molecular flexibility index (Phi) is 5.65. The highest BCUT2D eigenvalue weighted by Gasteiger charge is 2.31. The molecule has 1 aliphatic rings. The topological polar surface area (TPSA) is 67.2 Å². The number of benzene rings is 1. The zero-order valence-corrected chi connectivity index (χ0v) is 14.4. The lowest BCUT2D eigenvalue weighted by molar-refractivity contribution is -0.120. The van der Waals surface area contributed by atoms with Crippen LogP contribution in [0, 0.1) is 5.41 Å². The van der Waals surface area contributed by atoms with E-state index in [4.69, 9.17) is 4.52 Å². The van der Waals surface area contributed by atoms with E-state index in [0.29, 0.717) is 18.3 Å². The zero-order valence-electron chi connectivity index (χ0n) is 13.6. The lowest BCUT2D eigenvalue weighted by Crippen LogP contribution is -2.53. The molecule has 2 N–H and O–H groups in total. The van der Waals surface area contributed by atoms with Crippen molar-refractivity contribution in [3.63, 3.8) is 0 Å². The van der Waals surface area contributed by atoms with Crippen LogP contribution in [0.2, 0.25) is 0 Å². The molecule has 5 nitrogen and oxygen atoms in total. The van der Waals surface area contributed by atoms with Crippen LogP contribution in [0.5, 0.6) is 0 Å². The first kappa shape index (κ1) is 17.8. The van der Waals surface area contributed by atoms with Crippen molar-refractivity contribution in [1.29, 1.82) is 0 Å². The summed E-state index contributed by atoms with van der Waals surface area (Å²) in [6.45, 7) is 6.18. The highest BCUT2D eigenvalue weighted by molar-refractivity contribution is 5.86. The monoisotopic (exact) mass is 337 g/mol. The van der Waals surface area contributed by atoms with Gasteiger partial charge in [0, 0.05) is 18.0 Å². The molecular formula is C17H24ClN3O2. The fourth-order valence-corrected chi connectivity index (χ4v) is 3.12. The molecule has 2 heterocycles. The molecule has 1 atom stereocenters. The number of nitrogens with one attached hydrogen (secondary N) is 2. The second-order valence-corrected chi connectivity index (χ2v) is 6.71. The van der Waals surface area contributed by atoms with Gasteiger partial charge in [-0.2, -0.15) is 0 Å². The molecule has 1 aromatic heterocycles. The number of carbonyl (C=O) groups excluding carboxylic acids is 1. The number of halogens is 1. The smallest absolute Gasteiger partial charge is 0.226 e. The van der Waals surface area contributed by atoms with Crippen molar-refractivity contribution in [2.24, 2.45) is 5.41 Å². The fourth-order valence-electron chi connectivity index (χ4n) is 3.12. The number of carbonyl (C=O) groups is 1. The Balaban J connectivity index is 0.00000192. The molecule has 2 aromatic rings. The van der Waals surface area contributed by atoms with Gasteiger partial charge in [-0.05, 0) is 36.9 Å². The molecule has 0 radical (unpaired) electrons. The molecule has 1 unspecified atom stereocenters. The van der Waals surface area contributed by atoms with Crippen LogP contribution in [-0.4, -0.2) is 30.2 Å². The van der Waals surface area contributed by atoms with E-state index < -0.39 is 0 Å². The Labute approximate surface area is 142 Å². The van der Waals surface area contributed by atoms with Crippen molar-refractivity contribution < 1.29 is 9.32 Å². The number of para-hydroxylation sites is 1. The first-order chi connectivity index (χ1) is 10.6. The minimum Gasteiger partial charge on any atom is -0.356 e. The summed E-state index contributed by atoms with van der Waals surface area (Å²) in [6, 6.07) is 7.93. The quantitative estimate of drug-likeness (QED) is 0.900. The van der Waals surface area contributed by atoms with Gasteiger partial charge in [-0.15, -0.1) is 12.4 Å². The van der Waals surface area contributed by atoms with Crippen LogP contribution in [0.3, 0.4) is 0 Å². The van der Waals surface area contributed by atoms with Crippen molar-refractivity contribution in [2.75, 3.05) is 13.1 Å². The van der Waals surface area contributed by atoms with Gasteiger partial charge >= 0.3 is 0 Å². The van der Waals surface area contributed by atoms with Gasteiger partial charge < -0.3 is 15.2 Å². The summed E-state index contributed by atoms with van der Waals surface area (Å²) < 4.78 is 5.24. The van der Waals surface area contributed by atoms with Crippen LogP contribution in [0.4, 0.5) is 0 Å². The molecule has 1 aliphatic heterocycles.